The Morgan fingerprint density at radius 2 is 2.12 bits per heavy atom. The first-order valence-corrected chi connectivity index (χ1v) is 8.40. The molecule has 0 saturated heterocycles. The number of rotatable bonds is 5. The highest BCUT2D eigenvalue weighted by Crippen LogP contribution is 2.22. The second-order valence-electron chi connectivity index (χ2n) is 4.88. The summed E-state index contributed by atoms with van der Waals surface area (Å²) in [7, 11) is 0. The van der Waals surface area contributed by atoms with Gasteiger partial charge in [-0.1, -0.05) is 11.8 Å². The third-order valence-electron chi connectivity index (χ3n) is 3.32. The molecule has 2 heterocycles. The standard InChI is InChI=1S/C16H13FN4O3S/c1-25-16-19-9-13(21(16)12-5-3-11(17)4-6-12)15(22)24-10-14-18-7-2-8-20(14)23/h2-9H,10H2,1H3. The van der Waals surface area contributed by atoms with Gasteiger partial charge in [-0.3, -0.25) is 4.57 Å². The molecule has 0 aliphatic carbocycles. The van der Waals surface area contributed by atoms with Crippen molar-refractivity contribution in [2.75, 3.05) is 6.26 Å². The summed E-state index contributed by atoms with van der Waals surface area (Å²) in [5, 5.41) is 12.1. The average Bonchev–Trinajstić information content (AvgIpc) is 3.05. The lowest BCUT2D eigenvalue weighted by atomic mass is 10.3. The molecule has 25 heavy (non-hydrogen) atoms. The Kier molecular flexibility index (Phi) is 4.94. The number of halogens is 1. The number of benzene rings is 1. The van der Waals surface area contributed by atoms with Crippen LogP contribution in [0, 0.1) is 11.0 Å². The lowest BCUT2D eigenvalue weighted by molar-refractivity contribution is -0.620. The minimum atomic E-state index is -0.664. The number of esters is 1. The van der Waals surface area contributed by atoms with Gasteiger partial charge in [0, 0.05) is 11.8 Å². The summed E-state index contributed by atoms with van der Waals surface area (Å²) in [5.41, 5.74) is 0.747. The molecule has 128 valence electrons. The SMILES string of the molecule is CSc1ncc(C(=O)OCc2nccc[n+]2[O-])n1-c1ccc(F)cc1. The predicted octanol–water partition coefficient (Wildman–Crippen LogP) is 2.12. The van der Waals surface area contributed by atoms with Gasteiger partial charge in [0.1, 0.15) is 12.0 Å². The van der Waals surface area contributed by atoms with Gasteiger partial charge in [-0.25, -0.2) is 18.9 Å². The third kappa shape index (κ3) is 3.61. The van der Waals surface area contributed by atoms with Crippen LogP contribution in [-0.4, -0.2) is 26.8 Å². The largest absolute Gasteiger partial charge is 0.711 e. The normalized spacial score (nSPS) is 10.6. The van der Waals surface area contributed by atoms with Crippen molar-refractivity contribution < 1.29 is 18.7 Å². The molecule has 0 aliphatic heterocycles. The van der Waals surface area contributed by atoms with Crippen LogP contribution in [0.2, 0.25) is 0 Å². The van der Waals surface area contributed by atoms with Crippen LogP contribution >= 0.6 is 11.8 Å². The zero-order valence-electron chi connectivity index (χ0n) is 13.1. The first kappa shape index (κ1) is 16.9. The Labute approximate surface area is 146 Å². The van der Waals surface area contributed by atoms with Crippen LogP contribution in [-0.2, 0) is 11.3 Å². The number of hydrogen-bond donors (Lipinski definition) is 0. The molecule has 0 fully saturated rings. The highest BCUT2D eigenvalue weighted by Gasteiger charge is 2.20. The van der Waals surface area contributed by atoms with Crippen LogP contribution in [0.25, 0.3) is 5.69 Å². The number of ether oxygens (including phenoxy) is 1. The van der Waals surface area contributed by atoms with Crippen LogP contribution in [0.1, 0.15) is 16.3 Å². The van der Waals surface area contributed by atoms with Gasteiger partial charge in [0.05, 0.1) is 12.4 Å². The Bertz CT molecular complexity index is 899. The van der Waals surface area contributed by atoms with E-state index in [1.54, 1.807) is 4.57 Å². The lowest BCUT2D eigenvalue weighted by Crippen LogP contribution is -2.33. The molecule has 1 aromatic carbocycles. The molecule has 0 amide bonds. The van der Waals surface area contributed by atoms with E-state index >= 15 is 0 Å². The fourth-order valence-electron chi connectivity index (χ4n) is 2.16. The van der Waals surface area contributed by atoms with E-state index in [0.717, 1.165) is 0 Å². The number of nitrogens with zero attached hydrogens (tertiary/aromatic N) is 4. The zero-order chi connectivity index (χ0) is 17.8. The average molecular weight is 360 g/mol. The third-order valence-corrected chi connectivity index (χ3v) is 3.98. The van der Waals surface area contributed by atoms with Crippen molar-refractivity contribution in [1.29, 1.82) is 0 Å². The Hall–Kier alpha value is -2.94. The van der Waals surface area contributed by atoms with Crippen LogP contribution in [0.5, 0.6) is 0 Å². The zero-order valence-corrected chi connectivity index (χ0v) is 13.9. The fraction of sp³-hybridized carbons (Fsp3) is 0.125. The van der Waals surface area contributed by atoms with Gasteiger partial charge in [-0.2, -0.15) is 0 Å². The van der Waals surface area contributed by atoms with E-state index in [9.17, 15) is 14.4 Å². The van der Waals surface area contributed by atoms with Gasteiger partial charge in [0.25, 0.3) is 0 Å². The van der Waals surface area contributed by atoms with Gasteiger partial charge >= 0.3 is 11.8 Å². The first-order valence-electron chi connectivity index (χ1n) is 7.18. The molecule has 2 aromatic heterocycles. The number of imidazole rings is 1. The first-order chi connectivity index (χ1) is 12.1. The van der Waals surface area contributed by atoms with E-state index in [4.69, 9.17) is 4.74 Å². The molecule has 3 rings (SSSR count). The monoisotopic (exact) mass is 360 g/mol. The van der Waals surface area contributed by atoms with Crippen LogP contribution in [0.3, 0.4) is 0 Å². The quantitative estimate of drug-likeness (QED) is 0.300. The smallest absolute Gasteiger partial charge is 0.357 e. The summed E-state index contributed by atoms with van der Waals surface area (Å²) in [6.07, 6.45) is 5.89. The van der Waals surface area contributed by atoms with E-state index in [0.29, 0.717) is 15.6 Å². The van der Waals surface area contributed by atoms with E-state index in [-0.39, 0.29) is 23.9 Å². The molecular weight excluding hydrogens is 347 g/mol. The van der Waals surface area contributed by atoms with E-state index in [2.05, 4.69) is 9.97 Å². The molecule has 0 spiro atoms. The maximum absolute atomic E-state index is 13.2. The molecule has 3 aromatic rings. The molecular formula is C16H13FN4O3S. The summed E-state index contributed by atoms with van der Waals surface area (Å²) >= 11 is 1.33. The van der Waals surface area contributed by atoms with E-state index in [1.807, 2.05) is 6.26 Å². The number of hydrogen-bond acceptors (Lipinski definition) is 6. The minimum absolute atomic E-state index is 0.0637. The van der Waals surface area contributed by atoms with Crippen molar-refractivity contribution >= 4 is 17.7 Å². The van der Waals surface area contributed by atoms with Gasteiger partial charge in [-0.05, 0) is 35.5 Å². The molecule has 0 bridgehead atoms. The number of aromatic nitrogens is 4. The number of carbonyl (C=O) groups is 1. The Morgan fingerprint density at radius 1 is 1.36 bits per heavy atom. The molecule has 0 unspecified atom stereocenters. The van der Waals surface area contributed by atoms with Crippen LogP contribution < -0.4 is 4.73 Å². The lowest BCUT2D eigenvalue weighted by Gasteiger charge is -2.10. The van der Waals surface area contributed by atoms with Crippen LogP contribution in [0.4, 0.5) is 4.39 Å². The Morgan fingerprint density at radius 3 is 2.80 bits per heavy atom. The summed E-state index contributed by atoms with van der Waals surface area (Å²) in [6, 6.07) is 7.15. The highest BCUT2D eigenvalue weighted by atomic mass is 32.2. The molecule has 9 heteroatoms. The highest BCUT2D eigenvalue weighted by molar-refractivity contribution is 7.98. The number of carbonyl (C=O) groups excluding carboxylic acids is 1. The van der Waals surface area contributed by atoms with Crippen molar-refractivity contribution in [3.63, 3.8) is 0 Å². The second kappa shape index (κ2) is 7.31. The summed E-state index contributed by atoms with van der Waals surface area (Å²) < 4.78 is 20.4. The minimum Gasteiger partial charge on any atom is -0.711 e. The van der Waals surface area contributed by atoms with Crippen molar-refractivity contribution in [1.82, 2.24) is 14.5 Å². The molecule has 0 radical (unpaired) electrons. The fourth-order valence-corrected chi connectivity index (χ4v) is 2.70. The summed E-state index contributed by atoms with van der Waals surface area (Å²) in [6.45, 7) is -0.271. The maximum atomic E-state index is 13.2. The van der Waals surface area contributed by atoms with Gasteiger partial charge in [0.2, 0.25) is 0 Å². The van der Waals surface area contributed by atoms with E-state index < -0.39 is 5.97 Å². The number of thioether (sulfide) groups is 1. The van der Waals surface area contributed by atoms with Gasteiger partial charge in [0.15, 0.2) is 17.5 Å². The van der Waals surface area contributed by atoms with Crippen molar-refractivity contribution in [3.8, 4) is 5.69 Å². The Balaban J connectivity index is 1.87. The van der Waals surface area contributed by atoms with Crippen LogP contribution in [0.15, 0.2) is 54.1 Å². The van der Waals surface area contributed by atoms with E-state index in [1.165, 1.54) is 60.7 Å². The van der Waals surface area contributed by atoms with Crippen molar-refractivity contribution in [3.05, 3.63) is 71.5 Å². The van der Waals surface area contributed by atoms with Crippen molar-refractivity contribution in [2.45, 2.75) is 11.8 Å². The van der Waals surface area contributed by atoms with Gasteiger partial charge in [-0.15, -0.1) is 0 Å². The van der Waals surface area contributed by atoms with Gasteiger partial charge < -0.3 is 9.94 Å². The molecule has 7 nitrogen and oxygen atoms in total. The predicted molar refractivity (Wildman–Crippen MR) is 87.6 cm³/mol. The molecule has 0 N–H and O–H groups in total. The maximum Gasteiger partial charge on any atom is 0.357 e. The van der Waals surface area contributed by atoms with Crippen molar-refractivity contribution in [2.24, 2.45) is 0 Å². The molecule has 0 atom stereocenters. The summed E-state index contributed by atoms with van der Waals surface area (Å²) in [4.78, 5) is 20.5. The topological polar surface area (TPSA) is 83.9 Å². The molecule has 0 aliphatic rings. The molecule has 0 saturated carbocycles. The summed E-state index contributed by atoms with van der Waals surface area (Å²) in [5.74, 6) is -0.981. The second-order valence-corrected chi connectivity index (χ2v) is 5.65.